The van der Waals surface area contributed by atoms with Crippen LogP contribution in [0.1, 0.15) is 25.3 Å². The smallest absolute Gasteiger partial charge is 0.330 e. The quantitative estimate of drug-likeness (QED) is 0.210. The lowest BCUT2D eigenvalue weighted by molar-refractivity contribution is -0.137. The number of halogens is 1. The molecule has 0 bridgehead atoms. The summed E-state index contributed by atoms with van der Waals surface area (Å²) in [5.74, 6) is 1.67. The predicted octanol–water partition coefficient (Wildman–Crippen LogP) is 4.23. The Hall–Kier alpha value is -1.94. The summed E-state index contributed by atoms with van der Waals surface area (Å²) in [6.07, 6.45) is 8.50. The lowest BCUT2D eigenvalue weighted by atomic mass is 10.2. The molecule has 23 heavy (non-hydrogen) atoms. The molecule has 4 nitrogen and oxygen atoms in total. The van der Waals surface area contributed by atoms with Crippen molar-refractivity contribution in [2.45, 2.75) is 19.8 Å². The number of hydrogen-bond donors (Lipinski definition) is 0. The Bertz CT molecular complexity index is 538. The van der Waals surface area contributed by atoms with Crippen molar-refractivity contribution in [3.63, 3.8) is 0 Å². The van der Waals surface area contributed by atoms with E-state index in [0.29, 0.717) is 30.6 Å². The van der Waals surface area contributed by atoms with E-state index in [0.717, 1.165) is 18.4 Å². The van der Waals surface area contributed by atoms with E-state index in [4.69, 9.17) is 25.8 Å². The maximum atomic E-state index is 11.2. The van der Waals surface area contributed by atoms with Gasteiger partial charge in [0, 0.05) is 12.0 Å². The van der Waals surface area contributed by atoms with Crippen molar-refractivity contribution in [3.8, 4) is 11.5 Å². The summed E-state index contributed by atoms with van der Waals surface area (Å²) < 4.78 is 15.8. The molecule has 1 aromatic carbocycles. The van der Waals surface area contributed by atoms with Gasteiger partial charge in [-0.3, -0.25) is 0 Å². The summed E-state index contributed by atoms with van der Waals surface area (Å²) >= 11 is 5.64. The van der Waals surface area contributed by atoms with Crippen molar-refractivity contribution < 1.29 is 19.0 Å². The molecular weight excluding hydrogens is 316 g/mol. The molecule has 126 valence electrons. The van der Waals surface area contributed by atoms with Gasteiger partial charge in [-0.15, -0.1) is 11.6 Å². The summed E-state index contributed by atoms with van der Waals surface area (Å²) in [5, 5.41) is 0. The van der Waals surface area contributed by atoms with E-state index in [9.17, 15) is 4.79 Å². The van der Waals surface area contributed by atoms with E-state index in [1.807, 2.05) is 24.3 Å². The molecule has 1 aromatic rings. The number of hydrogen-bond acceptors (Lipinski definition) is 4. The number of allylic oxidation sites excluding steroid dienone is 2. The highest BCUT2D eigenvalue weighted by Crippen LogP contribution is 2.28. The Morgan fingerprint density at radius 1 is 1.22 bits per heavy atom. The molecule has 0 saturated carbocycles. The number of unbranched alkanes of at least 4 members (excludes halogenated alkanes) is 1. The molecule has 0 heterocycles. The molecule has 0 amide bonds. The van der Waals surface area contributed by atoms with Crippen LogP contribution in [0.25, 0.3) is 6.08 Å². The number of benzene rings is 1. The van der Waals surface area contributed by atoms with E-state index in [1.54, 1.807) is 26.2 Å². The Labute approximate surface area is 142 Å². The number of ether oxygens (including phenoxy) is 3. The molecule has 0 fully saturated rings. The molecule has 0 aliphatic heterocycles. The van der Waals surface area contributed by atoms with Crippen LogP contribution in [0.4, 0.5) is 0 Å². The first-order valence-electron chi connectivity index (χ1n) is 7.59. The van der Waals surface area contributed by atoms with Crippen molar-refractivity contribution in [1.82, 2.24) is 0 Å². The van der Waals surface area contributed by atoms with Gasteiger partial charge in [0.1, 0.15) is 0 Å². The largest absolute Gasteiger partial charge is 0.493 e. The molecule has 5 heteroatoms. The topological polar surface area (TPSA) is 44.8 Å². The number of methoxy groups -OCH3 is 1. The van der Waals surface area contributed by atoms with Crippen molar-refractivity contribution >= 4 is 23.6 Å². The van der Waals surface area contributed by atoms with Gasteiger partial charge < -0.3 is 14.2 Å². The van der Waals surface area contributed by atoms with Crippen LogP contribution in [0.2, 0.25) is 0 Å². The fourth-order valence-corrected chi connectivity index (χ4v) is 1.97. The first-order valence-corrected chi connectivity index (χ1v) is 8.13. The molecule has 0 unspecified atom stereocenters. The minimum atomic E-state index is -0.351. The molecule has 0 aromatic heterocycles. The molecule has 1 rings (SSSR count). The number of rotatable bonds is 10. The fraction of sp³-hybridized carbons (Fsp3) is 0.389. The standard InChI is InChI=1S/C18H23ClO4/c1-3-22-18(20)9-5-4-8-15-10-11-16(17(14-15)21-2)23-13-7-6-12-19/h4-5,8-11,14H,3,6-7,12-13H2,1-2H3. The van der Waals surface area contributed by atoms with E-state index in [1.165, 1.54) is 6.08 Å². The second-order valence-electron chi connectivity index (χ2n) is 4.63. The maximum absolute atomic E-state index is 11.2. The third kappa shape index (κ3) is 7.75. The van der Waals surface area contributed by atoms with Gasteiger partial charge in [-0.2, -0.15) is 0 Å². The monoisotopic (exact) mass is 338 g/mol. The average molecular weight is 339 g/mol. The zero-order chi connectivity index (χ0) is 16.9. The maximum Gasteiger partial charge on any atom is 0.330 e. The van der Waals surface area contributed by atoms with Crippen molar-refractivity contribution in [2.24, 2.45) is 0 Å². The van der Waals surface area contributed by atoms with Gasteiger partial charge in [-0.25, -0.2) is 4.79 Å². The molecule has 0 spiro atoms. The van der Waals surface area contributed by atoms with Gasteiger partial charge in [0.05, 0.1) is 20.3 Å². The minimum absolute atomic E-state index is 0.351. The Morgan fingerprint density at radius 3 is 2.74 bits per heavy atom. The fourth-order valence-electron chi connectivity index (χ4n) is 1.78. The summed E-state index contributed by atoms with van der Waals surface area (Å²) in [6.45, 7) is 2.75. The third-order valence-corrected chi connectivity index (χ3v) is 3.16. The summed E-state index contributed by atoms with van der Waals surface area (Å²) in [7, 11) is 1.61. The van der Waals surface area contributed by atoms with Gasteiger partial charge in [0.2, 0.25) is 0 Å². The van der Waals surface area contributed by atoms with Crippen LogP contribution in [0, 0.1) is 0 Å². The SMILES string of the molecule is CCOC(=O)C=CC=Cc1ccc(OCCCCCl)c(OC)c1. The van der Waals surface area contributed by atoms with Crippen molar-refractivity contribution in [2.75, 3.05) is 26.2 Å². The van der Waals surface area contributed by atoms with E-state index < -0.39 is 0 Å². The van der Waals surface area contributed by atoms with Crippen LogP contribution in [-0.4, -0.2) is 32.2 Å². The predicted molar refractivity (Wildman–Crippen MR) is 93.3 cm³/mol. The molecule has 0 radical (unpaired) electrons. The Balaban J connectivity index is 2.62. The van der Waals surface area contributed by atoms with E-state index in [2.05, 4.69) is 0 Å². The first-order chi connectivity index (χ1) is 11.2. The van der Waals surface area contributed by atoms with Gasteiger partial charge in [0.25, 0.3) is 0 Å². The van der Waals surface area contributed by atoms with Crippen LogP contribution >= 0.6 is 11.6 Å². The van der Waals surface area contributed by atoms with Gasteiger partial charge in [0.15, 0.2) is 11.5 Å². The zero-order valence-corrected chi connectivity index (χ0v) is 14.3. The van der Waals surface area contributed by atoms with Crippen molar-refractivity contribution in [3.05, 3.63) is 42.0 Å². The van der Waals surface area contributed by atoms with E-state index >= 15 is 0 Å². The van der Waals surface area contributed by atoms with Crippen LogP contribution in [0.15, 0.2) is 36.4 Å². The Kier molecular flexibility index (Phi) is 9.64. The van der Waals surface area contributed by atoms with Crippen LogP contribution < -0.4 is 9.47 Å². The normalized spacial score (nSPS) is 11.1. The summed E-state index contributed by atoms with van der Waals surface area (Å²) in [5.41, 5.74) is 0.948. The number of carbonyl (C=O) groups is 1. The molecule has 0 aliphatic carbocycles. The molecule has 0 aliphatic rings. The van der Waals surface area contributed by atoms with Crippen LogP contribution in [0.3, 0.4) is 0 Å². The summed E-state index contributed by atoms with van der Waals surface area (Å²) in [6, 6.07) is 5.67. The lowest BCUT2D eigenvalue weighted by Gasteiger charge is -2.11. The molecule has 0 saturated heterocycles. The van der Waals surface area contributed by atoms with Crippen LogP contribution in [0.5, 0.6) is 11.5 Å². The highest BCUT2D eigenvalue weighted by molar-refractivity contribution is 6.17. The highest BCUT2D eigenvalue weighted by Gasteiger charge is 2.04. The molecule has 0 atom stereocenters. The first kappa shape index (κ1) is 19.1. The van der Waals surface area contributed by atoms with Crippen LogP contribution in [-0.2, 0) is 9.53 Å². The van der Waals surface area contributed by atoms with Gasteiger partial charge >= 0.3 is 5.97 Å². The van der Waals surface area contributed by atoms with E-state index in [-0.39, 0.29) is 5.97 Å². The Morgan fingerprint density at radius 2 is 2.04 bits per heavy atom. The minimum Gasteiger partial charge on any atom is -0.493 e. The van der Waals surface area contributed by atoms with Gasteiger partial charge in [-0.1, -0.05) is 24.3 Å². The number of esters is 1. The van der Waals surface area contributed by atoms with Gasteiger partial charge in [-0.05, 0) is 37.5 Å². The molecule has 0 N–H and O–H groups in total. The second kappa shape index (κ2) is 11.6. The number of carbonyl (C=O) groups excluding carboxylic acids is 1. The number of alkyl halides is 1. The lowest BCUT2D eigenvalue weighted by Crippen LogP contribution is -1.99. The second-order valence-corrected chi connectivity index (χ2v) is 5.00. The molecular formula is C18H23ClO4. The van der Waals surface area contributed by atoms with Crippen molar-refractivity contribution in [1.29, 1.82) is 0 Å². The average Bonchev–Trinajstić information content (AvgIpc) is 2.56. The highest BCUT2D eigenvalue weighted by atomic mass is 35.5. The zero-order valence-electron chi connectivity index (χ0n) is 13.6. The summed E-state index contributed by atoms with van der Waals surface area (Å²) in [4.78, 5) is 11.2. The third-order valence-electron chi connectivity index (χ3n) is 2.89.